The van der Waals surface area contributed by atoms with Gasteiger partial charge in [0.1, 0.15) is 4.83 Å². The van der Waals surface area contributed by atoms with E-state index in [1.54, 1.807) is 6.20 Å². The van der Waals surface area contributed by atoms with Crippen LogP contribution in [0.1, 0.15) is 17.3 Å². The Kier molecular flexibility index (Phi) is 2.68. The molecule has 0 aliphatic carbocycles. The van der Waals surface area contributed by atoms with Crippen molar-refractivity contribution in [2.75, 3.05) is 0 Å². The van der Waals surface area contributed by atoms with Gasteiger partial charge in [-0.15, -0.1) is 24.5 Å². The highest BCUT2D eigenvalue weighted by atomic mass is 32.1. The molecule has 20 heavy (non-hydrogen) atoms. The first kappa shape index (κ1) is 12.9. The van der Waals surface area contributed by atoms with Crippen molar-refractivity contribution in [3.05, 3.63) is 30.4 Å². The van der Waals surface area contributed by atoms with E-state index in [0.717, 1.165) is 12.4 Å². The van der Waals surface area contributed by atoms with Crippen LogP contribution in [0.3, 0.4) is 0 Å². The molecule has 0 aliphatic heterocycles. The van der Waals surface area contributed by atoms with Crippen molar-refractivity contribution >= 4 is 22.0 Å². The van der Waals surface area contributed by atoms with Crippen LogP contribution in [0, 0.1) is 0 Å². The van der Waals surface area contributed by atoms with E-state index in [1.165, 1.54) is 29.0 Å². The number of nitrogens with zero attached hydrogens (tertiary/aromatic N) is 4. The molecule has 0 amide bonds. The number of Topliss-reactive ketones (excluding diaryl/α,β-unsaturated/α-hetero) is 1. The van der Waals surface area contributed by atoms with E-state index in [9.17, 15) is 18.0 Å². The van der Waals surface area contributed by atoms with Crippen molar-refractivity contribution < 1.29 is 18.0 Å². The van der Waals surface area contributed by atoms with Crippen LogP contribution in [-0.4, -0.2) is 25.2 Å². The number of hydrogen-bond acceptors (Lipinski definition) is 4. The summed E-state index contributed by atoms with van der Waals surface area (Å²) in [5.74, 6) is -0.139. The van der Waals surface area contributed by atoms with Gasteiger partial charge in [0.05, 0.1) is 22.8 Å². The number of fused-ring (bicyclic) bond motifs is 1. The summed E-state index contributed by atoms with van der Waals surface area (Å²) >= 11 is 1.19. The number of alkyl halides is 3. The number of halogens is 3. The Hall–Kier alpha value is -2.16. The van der Waals surface area contributed by atoms with Crippen LogP contribution in [-0.2, 0) is 6.30 Å². The van der Waals surface area contributed by atoms with Crippen LogP contribution in [0.4, 0.5) is 13.2 Å². The molecule has 3 rings (SSSR count). The third-order valence-electron chi connectivity index (χ3n) is 2.70. The number of rotatable bonds is 2. The molecule has 5 nitrogen and oxygen atoms in total. The Morgan fingerprint density at radius 2 is 2.00 bits per heavy atom. The molecule has 0 aromatic carbocycles. The smallest absolute Gasteiger partial charge is 0.294 e. The lowest BCUT2D eigenvalue weighted by atomic mass is 10.3. The lowest BCUT2D eigenvalue weighted by Gasteiger charge is -2.03. The number of hydrogen-bond donors (Lipinski definition) is 0. The van der Waals surface area contributed by atoms with Crippen molar-refractivity contribution in [2.45, 2.75) is 13.2 Å². The first-order valence-electron chi connectivity index (χ1n) is 5.46. The second-order valence-corrected chi connectivity index (χ2v) is 5.13. The number of carbonyl (C=O) groups is 1. The number of carbonyl (C=O) groups excluding carboxylic acids is 1. The van der Waals surface area contributed by atoms with Crippen molar-refractivity contribution in [1.82, 2.24) is 19.4 Å². The van der Waals surface area contributed by atoms with Crippen LogP contribution in [0.25, 0.3) is 15.3 Å². The predicted molar refractivity (Wildman–Crippen MR) is 65.6 cm³/mol. The fourth-order valence-electron chi connectivity index (χ4n) is 1.75. The summed E-state index contributed by atoms with van der Waals surface area (Å²) in [6.45, 7) is 1.41. The average molecular weight is 300 g/mol. The molecule has 104 valence electrons. The Morgan fingerprint density at radius 1 is 1.25 bits per heavy atom. The van der Waals surface area contributed by atoms with Crippen molar-refractivity contribution in [1.29, 1.82) is 0 Å². The maximum atomic E-state index is 12.5. The van der Waals surface area contributed by atoms with E-state index in [1.807, 2.05) is 0 Å². The van der Waals surface area contributed by atoms with Gasteiger partial charge in [0, 0.05) is 18.0 Å². The summed E-state index contributed by atoms with van der Waals surface area (Å²) in [7, 11) is 0. The number of ketones is 1. The molecule has 9 heteroatoms. The Morgan fingerprint density at radius 3 is 2.60 bits per heavy atom. The maximum absolute atomic E-state index is 12.5. The highest BCUT2D eigenvalue weighted by molar-refractivity contribution is 7.21. The Labute approximate surface area is 114 Å². The predicted octanol–water partition coefficient (Wildman–Crippen LogP) is 2.94. The molecule has 3 heterocycles. The van der Waals surface area contributed by atoms with Crippen LogP contribution < -0.4 is 0 Å². The zero-order valence-electron chi connectivity index (χ0n) is 10.0. The highest BCUT2D eigenvalue weighted by Gasteiger charge is 2.31. The average Bonchev–Trinajstić information content (AvgIpc) is 3.01. The van der Waals surface area contributed by atoms with Crippen LogP contribution in [0.15, 0.2) is 24.8 Å². The number of aromatic nitrogens is 4. The van der Waals surface area contributed by atoms with Crippen LogP contribution in [0.2, 0.25) is 0 Å². The van der Waals surface area contributed by atoms with Gasteiger partial charge in [0.15, 0.2) is 5.78 Å². The highest BCUT2D eigenvalue weighted by Crippen LogP contribution is 2.32. The third-order valence-corrected chi connectivity index (χ3v) is 3.86. The summed E-state index contributed by atoms with van der Waals surface area (Å²) in [6.07, 6.45) is 0.506. The maximum Gasteiger partial charge on any atom is 0.504 e. The molecule has 0 aliphatic rings. The van der Waals surface area contributed by atoms with Gasteiger partial charge in [-0.1, -0.05) is 0 Å². The fourth-order valence-corrected chi connectivity index (χ4v) is 2.83. The molecule has 3 aromatic heterocycles. The van der Waals surface area contributed by atoms with E-state index < -0.39 is 6.30 Å². The van der Waals surface area contributed by atoms with E-state index in [0.29, 0.717) is 20.8 Å². The summed E-state index contributed by atoms with van der Waals surface area (Å²) in [5, 5.41) is 7.28. The molecule has 0 atom stereocenters. The third kappa shape index (κ3) is 1.99. The zero-order chi connectivity index (χ0) is 14.5. The van der Waals surface area contributed by atoms with Gasteiger partial charge in [-0.25, -0.2) is 4.52 Å². The molecule has 0 saturated heterocycles. The summed E-state index contributed by atoms with van der Waals surface area (Å²) in [4.78, 5) is 12.6. The second kappa shape index (κ2) is 4.17. The van der Waals surface area contributed by atoms with Gasteiger partial charge in [-0.2, -0.15) is 14.9 Å². The van der Waals surface area contributed by atoms with E-state index in [4.69, 9.17) is 0 Å². The van der Waals surface area contributed by atoms with Crippen molar-refractivity contribution in [3.63, 3.8) is 0 Å². The minimum absolute atomic E-state index is 0.0588. The molecule has 0 fully saturated rings. The molecule has 0 saturated carbocycles. The minimum atomic E-state index is -4.54. The molecule has 0 N–H and O–H groups in total. The lowest BCUT2D eigenvalue weighted by molar-refractivity contribution is -0.212. The first-order valence-corrected chi connectivity index (χ1v) is 6.28. The molecule has 0 radical (unpaired) electrons. The molecule has 3 aromatic rings. The van der Waals surface area contributed by atoms with E-state index in [-0.39, 0.29) is 10.5 Å². The summed E-state index contributed by atoms with van der Waals surface area (Å²) in [6, 6.07) is 0. The first-order chi connectivity index (χ1) is 9.36. The normalized spacial score (nSPS) is 12.2. The second-order valence-electron chi connectivity index (χ2n) is 4.10. The van der Waals surface area contributed by atoms with E-state index in [2.05, 4.69) is 10.2 Å². The van der Waals surface area contributed by atoms with Gasteiger partial charge < -0.3 is 0 Å². The zero-order valence-corrected chi connectivity index (χ0v) is 10.9. The molecular formula is C11H7F3N4OS. The van der Waals surface area contributed by atoms with Gasteiger partial charge in [0.25, 0.3) is 0 Å². The molecule has 0 unspecified atom stereocenters. The van der Waals surface area contributed by atoms with E-state index >= 15 is 0 Å². The van der Waals surface area contributed by atoms with Gasteiger partial charge >= 0.3 is 6.30 Å². The monoisotopic (exact) mass is 300 g/mol. The van der Waals surface area contributed by atoms with Crippen molar-refractivity contribution in [3.8, 4) is 10.4 Å². The number of thiazole rings is 1. The van der Waals surface area contributed by atoms with Crippen molar-refractivity contribution in [2.24, 2.45) is 0 Å². The SMILES string of the molecule is CC(=O)c1cnn2cc(-c3cnn(C(F)(F)F)c3)sc12. The van der Waals surface area contributed by atoms with Gasteiger partial charge in [0.2, 0.25) is 0 Å². The largest absolute Gasteiger partial charge is 0.504 e. The Bertz CT molecular complexity index is 798. The summed E-state index contributed by atoms with van der Waals surface area (Å²) < 4.78 is 38.8. The van der Waals surface area contributed by atoms with Crippen LogP contribution >= 0.6 is 11.3 Å². The topological polar surface area (TPSA) is 52.2 Å². The van der Waals surface area contributed by atoms with Crippen LogP contribution in [0.5, 0.6) is 0 Å². The molecule has 0 bridgehead atoms. The summed E-state index contributed by atoms with van der Waals surface area (Å²) in [5.41, 5.74) is 0.775. The lowest BCUT2D eigenvalue weighted by Crippen LogP contribution is -2.16. The standard InChI is InChI=1S/C11H7F3N4OS/c1-6(19)8-3-15-17-5-9(20-10(8)17)7-2-16-18(4-7)11(12,13)14/h2-5H,1H3. The van der Waals surface area contributed by atoms with Gasteiger partial charge in [-0.05, 0) is 6.92 Å². The minimum Gasteiger partial charge on any atom is -0.294 e. The Balaban J connectivity index is 2.06. The molecular weight excluding hydrogens is 293 g/mol. The quantitative estimate of drug-likeness (QED) is 0.684. The van der Waals surface area contributed by atoms with Gasteiger partial charge in [-0.3, -0.25) is 4.79 Å². The fraction of sp³-hybridized carbons (Fsp3) is 0.182. The molecule has 0 spiro atoms.